The summed E-state index contributed by atoms with van der Waals surface area (Å²) in [6.07, 6.45) is 3.59. The Labute approximate surface area is 153 Å². The van der Waals surface area contributed by atoms with Crippen LogP contribution in [0.4, 0.5) is 0 Å². The maximum Gasteiger partial charge on any atom is 0.209 e. The van der Waals surface area contributed by atoms with Crippen molar-refractivity contribution < 1.29 is 13.2 Å². The first-order valence-corrected chi connectivity index (χ1v) is 10.8. The summed E-state index contributed by atoms with van der Waals surface area (Å²) in [5.74, 6) is 1.09. The second kappa shape index (κ2) is 8.68. The van der Waals surface area contributed by atoms with E-state index in [0.29, 0.717) is 18.4 Å². The Morgan fingerprint density at radius 2 is 1.84 bits per heavy atom. The molecule has 0 radical (unpaired) electrons. The first-order chi connectivity index (χ1) is 11.3. The van der Waals surface area contributed by atoms with Gasteiger partial charge in [0.25, 0.3) is 0 Å². The van der Waals surface area contributed by atoms with Crippen LogP contribution in [0.3, 0.4) is 0 Å². The molecule has 0 aromatic heterocycles. The summed E-state index contributed by atoms with van der Waals surface area (Å²) in [4.78, 5) is 4.24. The van der Waals surface area contributed by atoms with E-state index in [9.17, 15) is 8.42 Å². The molecule has 0 aliphatic carbocycles. The van der Waals surface area contributed by atoms with Gasteiger partial charge in [0.05, 0.1) is 12.4 Å². The molecule has 2 unspecified atom stereocenters. The molecule has 1 saturated heterocycles. The van der Waals surface area contributed by atoms with Gasteiger partial charge >= 0.3 is 0 Å². The van der Waals surface area contributed by atoms with Gasteiger partial charge in [-0.2, -0.15) is 0 Å². The average Bonchev–Trinajstić information content (AvgIpc) is 2.44. The van der Waals surface area contributed by atoms with Crippen LogP contribution in [-0.4, -0.2) is 59.0 Å². The number of guanidine groups is 1. The molecule has 8 heteroatoms. The molecule has 25 heavy (non-hydrogen) atoms. The quantitative estimate of drug-likeness (QED) is 0.480. The van der Waals surface area contributed by atoms with E-state index in [1.54, 1.807) is 7.05 Å². The van der Waals surface area contributed by atoms with Crippen molar-refractivity contribution in [3.63, 3.8) is 0 Å². The predicted molar refractivity (Wildman–Crippen MR) is 103 cm³/mol. The van der Waals surface area contributed by atoms with Gasteiger partial charge in [0.1, 0.15) is 0 Å². The van der Waals surface area contributed by atoms with Crippen molar-refractivity contribution in [2.45, 2.75) is 59.1 Å². The lowest BCUT2D eigenvalue weighted by atomic mass is 9.78. The zero-order chi connectivity index (χ0) is 19.3. The van der Waals surface area contributed by atoms with Crippen molar-refractivity contribution in [1.82, 2.24) is 15.4 Å². The summed E-state index contributed by atoms with van der Waals surface area (Å²) in [5.41, 5.74) is -0.502. The van der Waals surface area contributed by atoms with Gasteiger partial charge in [0, 0.05) is 38.2 Å². The first-order valence-electron chi connectivity index (χ1n) is 8.89. The fourth-order valence-electron chi connectivity index (χ4n) is 3.30. The van der Waals surface area contributed by atoms with Crippen LogP contribution >= 0.6 is 0 Å². The summed E-state index contributed by atoms with van der Waals surface area (Å²) in [6, 6.07) is 0. The van der Waals surface area contributed by atoms with Gasteiger partial charge in [-0.25, -0.2) is 13.1 Å². The molecule has 0 aromatic carbocycles. The molecule has 0 amide bonds. The standard InChI is InChI=1S/C17H36N4O3S/c1-16(2,3)14-13(9-8-10-24-14)11-19-15(18-6)20-12-17(4,5)21-25(7,22)23/h13-14,21H,8-12H2,1-7H3,(H2,18,19,20). The third kappa shape index (κ3) is 8.37. The normalized spacial score (nSPS) is 23.4. The molecule has 0 spiro atoms. The van der Waals surface area contributed by atoms with E-state index in [0.717, 1.165) is 32.2 Å². The molecule has 2 atom stereocenters. The number of hydrogen-bond acceptors (Lipinski definition) is 4. The largest absolute Gasteiger partial charge is 0.377 e. The molecular formula is C17H36N4O3S. The second-order valence-corrected chi connectivity index (χ2v) is 10.4. The van der Waals surface area contributed by atoms with E-state index in [1.807, 2.05) is 13.8 Å². The highest BCUT2D eigenvalue weighted by Crippen LogP contribution is 2.33. The summed E-state index contributed by atoms with van der Waals surface area (Å²) >= 11 is 0. The minimum atomic E-state index is -3.26. The molecule has 1 aliphatic heterocycles. The van der Waals surface area contributed by atoms with Gasteiger partial charge in [-0.3, -0.25) is 4.99 Å². The van der Waals surface area contributed by atoms with E-state index in [1.165, 1.54) is 0 Å². The third-order valence-corrected chi connectivity index (χ3v) is 5.14. The van der Waals surface area contributed by atoms with Crippen LogP contribution in [0.15, 0.2) is 4.99 Å². The smallest absolute Gasteiger partial charge is 0.209 e. The van der Waals surface area contributed by atoms with Crippen molar-refractivity contribution in [3.8, 4) is 0 Å². The minimum absolute atomic E-state index is 0.102. The molecule has 0 aromatic rings. The second-order valence-electron chi connectivity index (χ2n) is 8.62. The highest BCUT2D eigenvalue weighted by molar-refractivity contribution is 7.88. The Balaban J connectivity index is 2.56. The number of rotatable bonds is 6. The highest BCUT2D eigenvalue weighted by Gasteiger charge is 2.35. The number of aliphatic imine (C=N–C) groups is 1. The van der Waals surface area contributed by atoms with E-state index >= 15 is 0 Å². The Morgan fingerprint density at radius 1 is 1.20 bits per heavy atom. The molecular weight excluding hydrogens is 340 g/mol. The molecule has 0 saturated carbocycles. The molecule has 3 N–H and O–H groups in total. The van der Waals surface area contributed by atoms with Gasteiger partial charge in [0.2, 0.25) is 10.0 Å². The van der Waals surface area contributed by atoms with Crippen molar-refractivity contribution in [1.29, 1.82) is 0 Å². The third-order valence-electron chi connectivity index (χ3n) is 4.21. The van der Waals surface area contributed by atoms with Gasteiger partial charge < -0.3 is 15.4 Å². The molecule has 1 aliphatic rings. The lowest BCUT2D eigenvalue weighted by Gasteiger charge is -2.40. The zero-order valence-electron chi connectivity index (χ0n) is 16.8. The summed E-state index contributed by atoms with van der Waals surface area (Å²) in [5, 5.41) is 6.55. The monoisotopic (exact) mass is 376 g/mol. The Bertz CT molecular complexity index is 553. The molecule has 148 valence electrons. The summed E-state index contributed by atoms with van der Waals surface area (Å²) in [6.45, 7) is 12.3. The lowest BCUT2D eigenvalue weighted by molar-refractivity contribution is -0.0835. The maximum atomic E-state index is 11.4. The van der Waals surface area contributed by atoms with Crippen LogP contribution in [0.5, 0.6) is 0 Å². The average molecular weight is 377 g/mol. The number of hydrogen-bond donors (Lipinski definition) is 3. The van der Waals surface area contributed by atoms with E-state index in [-0.39, 0.29) is 11.5 Å². The van der Waals surface area contributed by atoms with Crippen LogP contribution in [0.1, 0.15) is 47.5 Å². The van der Waals surface area contributed by atoms with Gasteiger partial charge in [-0.15, -0.1) is 0 Å². The summed E-state index contributed by atoms with van der Waals surface area (Å²) in [7, 11) is -1.54. The highest BCUT2D eigenvalue weighted by atomic mass is 32.2. The maximum absolute atomic E-state index is 11.4. The zero-order valence-corrected chi connectivity index (χ0v) is 17.6. The molecule has 1 rings (SSSR count). The SMILES string of the molecule is CN=C(NCC1CCCOC1C(C)(C)C)NCC(C)(C)NS(C)(=O)=O. The topological polar surface area (TPSA) is 91.8 Å². The fourth-order valence-corrected chi connectivity index (χ4v) is 4.38. The summed E-state index contributed by atoms with van der Waals surface area (Å²) < 4.78 is 31.5. The van der Waals surface area contributed by atoms with Crippen molar-refractivity contribution in [2.24, 2.45) is 16.3 Å². The Hall–Kier alpha value is -0.860. The Kier molecular flexibility index (Phi) is 7.71. The number of nitrogens with zero attached hydrogens (tertiary/aromatic N) is 1. The van der Waals surface area contributed by atoms with Crippen LogP contribution in [0.2, 0.25) is 0 Å². The fraction of sp³-hybridized carbons (Fsp3) is 0.941. The minimum Gasteiger partial charge on any atom is -0.377 e. The van der Waals surface area contributed by atoms with Crippen molar-refractivity contribution in [2.75, 3.05) is 33.0 Å². The van der Waals surface area contributed by atoms with Crippen LogP contribution < -0.4 is 15.4 Å². The van der Waals surface area contributed by atoms with Crippen molar-refractivity contribution >= 4 is 16.0 Å². The first kappa shape index (κ1) is 22.2. The number of sulfonamides is 1. The van der Waals surface area contributed by atoms with Gasteiger partial charge in [0.15, 0.2) is 5.96 Å². The lowest BCUT2D eigenvalue weighted by Crippen LogP contribution is -2.54. The van der Waals surface area contributed by atoms with E-state index < -0.39 is 15.6 Å². The predicted octanol–water partition coefficient (Wildman–Crippen LogP) is 1.32. The van der Waals surface area contributed by atoms with Crippen LogP contribution in [0, 0.1) is 11.3 Å². The van der Waals surface area contributed by atoms with Gasteiger partial charge in [-0.05, 0) is 32.1 Å². The van der Waals surface area contributed by atoms with Crippen LogP contribution in [0.25, 0.3) is 0 Å². The van der Waals surface area contributed by atoms with E-state index in [4.69, 9.17) is 4.74 Å². The number of ether oxygens (including phenoxy) is 1. The van der Waals surface area contributed by atoms with Crippen molar-refractivity contribution in [3.05, 3.63) is 0 Å². The molecule has 1 fully saturated rings. The van der Waals surface area contributed by atoms with Crippen LogP contribution in [-0.2, 0) is 14.8 Å². The van der Waals surface area contributed by atoms with Gasteiger partial charge in [-0.1, -0.05) is 20.8 Å². The molecule has 0 bridgehead atoms. The van der Waals surface area contributed by atoms with E-state index in [2.05, 4.69) is 41.1 Å². The Morgan fingerprint density at radius 3 is 2.36 bits per heavy atom. The molecule has 7 nitrogen and oxygen atoms in total. The number of nitrogens with one attached hydrogen (secondary N) is 3. The molecule has 1 heterocycles.